The Morgan fingerprint density at radius 1 is 0.921 bits per heavy atom. The maximum atomic E-state index is 10.9. The van der Waals surface area contributed by atoms with E-state index in [4.69, 9.17) is 19.4 Å². The standard InChI is InChI=1S/C31H32N2O5/c32-20-26(19-31(34)35)24-13-17-28(18-14-24)36-21-23-11-15-27(16-12-23)37-22-30(25-7-3-1-4-8-25)33-38-29-9-5-2-6-10-29/h1,3-4,7-8,11-18,26,29H,2,5-6,9-10,19,21-22H2,(H,34,35)/b33-30+. The normalized spacial score (nSPS) is 14.8. The zero-order valence-electron chi connectivity index (χ0n) is 21.3. The fraction of sp³-hybridized carbons (Fsp3) is 0.323. The van der Waals surface area contributed by atoms with Crippen LogP contribution in [0, 0.1) is 11.3 Å². The molecule has 1 N–H and O–H groups in total. The summed E-state index contributed by atoms with van der Waals surface area (Å²) in [6.45, 7) is 0.660. The molecule has 0 aromatic heterocycles. The maximum Gasteiger partial charge on any atom is 0.305 e. The van der Waals surface area contributed by atoms with Crippen LogP contribution in [0.3, 0.4) is 0 Å². The van der Waals surface area contributed by atoms with Crippen LogP contribution >= 0.6 is 0 Å². The fourth-order valence-electron chi connectivity index (χ4n) is 4.31. The van der Waals surface area contributed by atoms with Gasteiger partial charge >= 0.3 is 5.97 Å². The average molecular weight is 513 g/mol. The van der Waals surface area contributed by atoms with E-state index in [2.05, 4.69) is 5.16 Å². The van der Waals surface area contributed by atoms with Crippen LogP contribution in [0.1, 0.15) is 61.1 Å². The molecule has 3 aromatic carbocycles. The molecule has 0 amide bonds. The Hall–Kier alpha value is -4.31. The summed E-state index contributed by atoms with van der Waals surface area (Å²) in [5, 5.41) is 22.6. The zero-order valence-corrected chi connectivity index (χ0v) is 21.3. The van der Waals surface area contributed by atoms with Crippen LogP contribution in [0.2, 0.25) is 0 Å². The molecule has 1 aliphatic rings. The first-order valence-electron chi connectivity index (χ1n) is 12.9. The number of ether oxygens (including phenoxy) is 2. The smallest absolute Gasteiger partial charge is 0.305 e. The van der Waals surface area contributed by atoms with Gasteiger partial charge in [-0.25, -0.2) is 0 Å². The number of rotatable bonds is 12. The Labute approximate surface area is 223 Å². The van der Waals surface area contributed by atoms with Gasteiger partial charge in [-0.1, -0.05) is 66.2 Å². The number of aliphatic carboxylic acids is 1. The van der Waals surface area contributed by atoms with Crippen molar-refractivity contribution in [3.63, 3.8) is 0 Å². The lowest BCUT2D eigenvalue weighted by molar-refractivity contribution is -0.137. The van der Waals surface area contributed by atoms with Gasteiger partial charge in [0.1, 0.15) is 36.5 Å². The number of hydrogen-bond acceptors (Lipinski definition) is 6. The number of carbonyl (C=O) groups is 1. The predicted molar refractivity (Wildman–Crippen MR) is 144 cm³/mol. The highest BCUT2D eigenvalue weighted by Gasteiger charge is 2.16. The first-order valence-corrected chi connectivity index (χ1v) is 12.9. The van der Waals surface area contributed by atoms with Gasteiger partial charge in [-0.15, -0.1) is 0 Å². The Morgan fingerprint density at radius 2 is 1.58 bits per heavy atom. The highest BCUT2D eigenvalue weighted by Crippen LogP contribution is 2.23. The lowest BCUT2D eigenvalue weighted by Gasteiger charge is -2.20. The number of oxime groups is 1. The second-order valence-corrected chi connectivity index (χ2v) is 9.34. The largest absolute Gasteiger partial charge is 0.489 e. The molecular weight excluding hydrogens is 480 g/mol. The summed E-state index contributed by atoms with van der Waals surface area (Å²) in [4.78, 5) is 16.8. The van der Waals surface area contributed by atoms with E-state index in [1.165, 1.54) is 19.3 Å². The van der Waals surface area contributed by atoms with Gasteiger partial charge in [-0.2, -0.15) is 5.26 Å². The van der Waals surface area contributed by atoms with Crippen LogP contribution in [0.25, 0.3) is 0 Å². The zero-order chi connectivity index (χ0) is 26.6. The van der Waals surface area contributed by atoms with Crippen molar-refractivity contribution >= 4 is 11.7 Å². The van der Waals surface area contributed by atoms with Gasteiger partial charge < -0.3 is 19.4 Å². The van der Waals surface area contributed by atoms with Crippen LogP contribution in [0.5, 0.6) is 11.5 Å². The summed E-state index contributed by atoms with van der Waals surface area (Å²) in [6.07, 6.45) is 5.69. The fourth-order valence-corrected chi connectivity index (χ4v) is 4.31. The average Bonchev–Trinajstić information content (AvgIpc) is 2.96. The Bertz CT molecular complexity index is 1230. The van der Waals surface area contributed by atoms with Crippen molar-refractivity contribution in [3.8, 4) is 17.6 Å². The third-order valence-corrected chi connectivity index (χ3v) is 6.49. The highest BCUT2D eigenvalue weighted by atomic mass is 16.6. The minimum Gasteiger partial charge on any atom is -0.489 e. The van der Waals surface area contributed by atoms with Crippen LogP contribution in [0.4, 0.5) is 0 Å². The Morgan fingerprint density at radius 3 is 2.24 bits per heavy atom. The molecule has 1 saturated carbocycles. The van der Waals surface area contributed by atoms with E-state index in [9.17, 15) is 10.1 Å². The molecule has 0 radical (unpaired) electrons. The Kier molecular flexibility index (Phi) is 9.75. The van der Waals surface area contributed by atoms with E-state index >= 15 is 0 Å². The van der Waals surface area contributed by atoms with Gasteiger partial charge in [0.25, 0.3) is 0 Å². The second-order valence-electron chi connectivity index (χ2n) is 9.34. The minimum absolute atomic E-state index is 0.176. The molecule has 1 atom stereocenters. The van der Waals surface area contributed by atoms with Crippen molar-refractivity contribution in [2.24, 2.45) is 5.16 Å². The summed E-state index contributed by atoms with van der Waals surface area (Å²) in [7, 11) is 0. The molecule has 1 aliphatic carbocycles. The van der Waals surface area contributed by atoms with Gasteiger partial charge in [0.15, 0.2) is 0 Å². The van der Waals surface area contributed by atoms with Crippen molar-refractivity contribution in [3.05, 3.63) is 95.6 Å². The van der Waals surface area contributed by atoms with Crippen molar-refractivity contribution in [1.82, 2.24) is 0 Å². The molecule has 38 heavy (non-hydrogen) atoms. The summed E-state index contributed by atoms with van der Waals surface area (Å²) >= 11 is 0. The summed E-state index contributed by atoms with van der Waals surface area (Å²) in [5.41, 5.74) is 3.36. The summed E-state index contributed by atoms with van der Waals surface area (Å²) < 4.78 is 11.9. The number of nitrogens with zero attached hydrogens (tertiary/aromatic N) is 2. The van der Waals surface area contributed by atoms with Crippen molar-refractivity contribution in [2.45, 2.75) is 57.2 Å². The third-order valence-electron chi connectivity index (χ3n) is 6.49. The number of nitriles is 1. The molecule has 0 aliphatic heterocycles. The lowest BCUT2D eigenvalue weighted by Crippen LogP contribution is -2.18. The molecule has 196 valence electrons. The number of benzene rings is 3. The molecule has 0 bridgehead atoms. The Balaban J connectivity index is 1.30. The first-order chi connectivity index (χ1) is 18.6. The van der Waals surface area contributed by atoms with Crippen molar-refractivity contribution in [1.29, 1.82) is 5.26 Å². The van der Waals surface area contributed by atoms with Crippen molar-refractivity contribution in [2.75, 3.05) is 6.61 Å². The number of carboxylic acid groups (broad SMARTS) is 1. The molecule has 1 unspecified atom stereocenters. The predicted octanol–water partition coefficient (Wildman–Crippen LogP) is 6.48. The lowest BCUT2D eigenvalue weighted by atomic mass is 9.97. The highest BCUT2D eigenvalue weighted by molar-refractivity contribution is 6.01. The van der Waals surface area contributed by atoms with E-state index in [1.54, 1.807) is 24.3 Å². The second kappa shape index (κ2) is 13.8. The van der Waals surface area contributed by atoms with Gasteiger partial charge in [0, 0.05) is 5.56 Å². The number of carboxylic acids is 1. The van der Waals surface area contributed by atoms with E-state index in [0.717, 1.165) is 35.4 Å². The molecule has 3 aromatic rings. The minimum atomic E-state index is -0.999. The topological polar surface area (TPSA) is 101 Å². The van der Waals surface area contributed by atoms with Gasteiger partial charge in [0.2, 0.25) is 0 Å². The third kappa shape index (κ3) is 8.10. The van der Waals surface area contributed by atoms with E-state index < -0.39 is 11.9 Å². The summed E-state index contributed by atoms with van der Waals surface area (Å²) in [6, 6.07) is 26.6. The molecule has 0 spiro atoms. The molecule has 7 heteroatoms. The van der Waals surface area contributed by atoms with Crippen molar-refractivity contribution < 1.29 is 24.2 Å². The maximum absolute atomic E-state index is 10.9. The first kappa shape index (κ1) is 26.7. The molecule has 0 saturated heterocycles. The summed E-state index contributed by atoms with van der Waals surface area (Å²) in [5.74, 6) is -0.316. The van der Waals surface area contributed by atoms with Crippen LogP contribution < -0.4 is 9.47 Å². The monoisotopic (exact) mass is 512 g/mol. The quantitative estimate of drug-likeness (QED) is 0.220. The van der Waals surface area contributed by atoms with Gasteiger partial charge in [-0.05, 0) is 61.1 Å². The number of hydrogen-bond donors (Lipinski definition) is 1. The molecule has 7 nitrogen and oxygen atoms in total. The molecule has 0 heterocycles. The van der Waals surface area contributed by atoms with E-state index in [1.807, 2.05) is 60.7 Å². The van der Waals surface area contributed by atoms with E-state index in [0.29, 0.717) is 24.5 Å². The van der Waals surface area contributed by atoms with Crippen LogP contribution in [0.15, 0.2) is 84.0 Å². The van der Waals surface area contributed by atoms with Gasteiger partial charge in [0.05, 0.1) is 18.4 Å². The van der Waals surface area contributed by atoms with Crippen LogP contribution in [-0.4, -0.2) is 29.5 Å². The molecule has 4 rings (SSSR count). The van der Waals surface area contributed by atoms with E-state index in [-0.39, 0.29) is 12.5 Å². The van der Waals surface area contributed by atoms with Gasteiger partial charge in [-0.3, -0.25) is 4.79 Å². The van der Waals surface area contributed by atoms with Crippen LogP contribution in [-0.2, 0) is 16.2 Å². The molecule has 1 fully saturated rings. The SMILES string of the molecule is N#CC(CC(=O)O)c1ccc(OCc2ccc(OC/C(=N\OC3CCCCC3)c3ccccc3)cc2)cc1. The molecular formula is C31H32N2O5.